The van der Waals surface area contributed by atoms with Crippen LogP contribution < -0.4 is 4.74 Å². The molecule has 0 aliphatic carbocycles. The van der Waals surface area contributed by atoms with Gasteiger partial charge >= 0.3 is 0 Å². The van der Waals surface area contributed by atoms with Gasteiger partial charge in [-0.05, 0) is 13.0 Å². The van der Waals surface area contributed by atoms with Crippen LogP contribution in [0.1, 0.15) is 18.6 Å². The third kappa shape index (κ3) is 1.95. The minimum absolute atomic E-state index is 0.111. The first-order valence-electron chi connectivity index (χ1n) is 3.77. The van der Waals surface area contributed by atoms with E-state index in [2.05, 4.69) is 0 Å². The molecule has 1 aromatic carbocycles. The predicted molar refractivity (Wildman–Crippen MR) is 43.5 cm³/mol. The van der Waals surface area contributed by atoms with Crippen LogP contribution in [0.3, 0.4) is 0 Å². The molecular weight excluding hydrogens is 178 g/mol. The van der Waals surface area contributed by atoms with Gasteiger partial charge in [0.05, 0.1) is 13.2 Å². The minimum Gasteiger partial charge on any atom is -0.493 e. The van der Waals surface area contributed by atoms with Gasteiger partial charge in [-0.15, -0.1) is 0 Å². The Bertz CT molecular complexity index is 311. The summed E-state index contributed by atoms with van der Waals surface area (Å²) in [6, 6.07) is 1.76. The van der Waals surface area contributed by atoms with Crippen LogP contribution in [0.2, 0.25) is 0 Å². The van der Waals surface area contributed by atoms with E-state index in [9.17, 15) is 13.9 Å². The molecule has 0 aromatic heterocycles. The molecule has 1 rings (SSSR count). The molecule has 2 nitrogen and oxygen atoms in total. The van der Waals surface area contributed by atoms with E-state index in [0.29, 0.717) is 6.07 Å². The first-order valence-corrected chi connectivity index (χ1v) is 3.77. The van der Waals surface area contributed by atoms with Gasteiger partial charge in [-0.3, -0.25) is 0 Å². The van der Waals surface area contributed by atoms with Crippen LogP contribution in [0.4, 0.5) is 8.78 Å². The van der Waals surface area contributed by atoms with E-state index in [4.69, 9.17) is 4.74 Å². The summed E-state index contributed by atoms with van der Waals surface area (Å²) in [6.45, 7) is 1.41. The summed E-state index contributed by atoms with van der Waals surface area (Å²) in [5.41, 5.74) is 0.111. The summed E-state index contributed by atoms with van der Waals surface area (Å²) in [5.74, 6) is -1.65. The Balaban J connectivity index is 3.29. The van der Waals surface area contributed by atoms with Crippen molar-refractivity contribution in [2.75, 3.05) is 7.11 Å². The van der Waals surface area contributed by atoms with Crippen LogP contribution in [0, 0.1) is 11.6 Å². The number of aliphatic hydroxyl groups is 1. The number of benzene rings is 1. The molecule has 0 spiro atoms. The van der Waals surface area contributed by atoms with Crippen molar-refractivity contribution < 1.29 is 18.6 Å². The predicted octanol–water partition coefficient (Wildman–Crippen LogP) is 2.03. The van der Waals surface area contributed by atoms with Gasteiger partial charge in [-0.25, -0.2) is 8.78 Å². The molecule has 1 N–H and O–H groups in total. The Labute approximate surface area is 74.8 Å². The van der Waals surface area contributed by atoms with Crippen molar-refractivity contribution >= 4 is 0 Å². The van der Waals surface area contributed by atoms with E-state index < -0.39 is 17.7 Å². The lowest BCUT2D eigenvalue weighted by Gasteiger charge is -2.11. The molecule has 0 unspecified atom stereocenters. The summed E-state index contributed by atoms with van der Waals surface area (Å²) in [4.78, 5) is 0. The maximum absolute atomic E-state index is 13.0. The van der Waals surface area contributed by atoms with Gasteiger partial charge in [0.2, 0.25) is 0 Å². The quantitative estimate of drug-likeness (QED) is 0.769. The SMILES string of the molecule is COc1c(F)cc(F)cc1[C@@H](C)O. The largest absolute Gasteiger partial charge is 0.493 e. The zero-order valence-electron chi connectivity index (χ0n) is 7.34. The highest BCUT2D eigenvalue weighted by Crippen LogP contribution is 2.28. The second kappa shape index (κ2) is 3.70. The number of halogens is 2. The van der Waals surface area contributed by atoms with Crippen molar-refractivity contribution in [3.8, 4) is 5.75 Å². The average molecular weight is 188 g/mol. The molecule has 1 atom stereocenters. The van der Waals surface area contributed by atoms with Crippen LogP contribution >= 0.6 is 0 Å². The van der Waals surface area contributed by atoms with Gasteiger partial charge in [0, 0.05) is 11.6 Å². The zero-order chi connectivity index (χ0) is 10.0. The van der Waals surface area contributed by atoms with Gasteiger partial charge in [-0.1, -0.05) is 0 Å². The van der Waals surface area contributed by atoms with E-state index in [1.165, 1.54) is 14.0 Å². The number of hydrogen-bond donors (Lipinski definition) is 1. The van der Waals surface area contributed by atoms with Crippen LogP contribution in [-0.4, -0.2) is 12.2 Å². The van der Waals surface area contributed by atoms with Crippen molar-refractivity contribution in [3.63, 3.8) is 0 Å². The van der Waals surface area contributed by atoms with Gasteiger partial charge in [0.25, 0.3) is 0 Å². The summed E-state index contributed by atoms with van der Waals surface area (Å²) >= 11 is 0. The number of hydrogen-bond acceptors (Lipinski definition) is 2. The standard InChI is InChI=1S/C9H10F2O2/c1-5(12)7-3-6(10)4-8(11)9(7)13-2/h3-5,12H,1-2H3/t5-/m1/s1. The molecule has 0 saturated heterocycles. The van der Waals surface area contributed by atoms with Crippen molar-refractivity contribution in [3.05, 3.63) is 29.3 Å². The van der Waals surface area contributed by atoms with E-state index in [-0.39, 0.29) is 11.3 Å². The molecule has 1 aromatic rings. The summed E-state index contributed by atoms with van der Waals surface area (Å²) in [6.07, 6.45) is -0.958. The second-order valence-corrected chi connectivity index (χ2v) is 2.69. The third-order valence-corrected chi connectivity index (χ3v) is 1.69. The Morgan fingerprint density at radius 1 is 1.38 bits per heavy atom. The summed E-state index contributed by atoms with van der Waals surface area (Å²) < 4.78 is 30.4. The van der Waals surface area contributed by atoms with Crippen molar-refractivity contribution in [1.82, 2.24) is 0 Å². The molecule has 72 valence electrons. The zero-order valence-corrected chi connectivity index (χ0v) is 7.34. The van der Waals surface area contributed by atoms with Crippen LogP contribution in [0.15, 0.2) is 12.1 Å². The molecule has 0 bridgehead atoms. The Hall–Kier alpha value is -1.16. The van der Waals surface area contributed by atoms with E-state index >= 15 is 0 Å². The van der Waals surface area contributed by atoms with Crippen LogP contribution in [0.25, 0.3) is 0 Å². The first kappa shape index (κ1) is 9.92. The lowest BCUT2D eigenvalue weighted by molar-refractivity contribution is 0.192. The number of rotatable bonds is 2. The van der Waals surface area contributed by atoms with Crippen LogP contribution in [-0.2, 0) is 0 Å². The molecular formula is C9H10F2O2. The average Bonchev–Trinajstić information content (AvgIpc) is 2.02. The van der Waals surface area contributed by atoms with E-state index in [1.54, 1.807) is 0 Å². The molecule has 0 aliphatic rings. The molecule has 0 fully saturated rings. The van der Waals surface area contributed by atoms with Gasteiger partial charge < -0.3 is 9.84 Å². The lowest BCUT2D eigenvalue weighted by atomic mass is 10.1. The molecule has 0 heterocycles. The summed E-state index contributed by atoms with van der Waals surface area (Å²) in [7, 11) is 1.27. The van der Waals surface area contributed by atoms with Crippen LogP contribution in [0.5, 0.6) is 5.75 Å². The molecule has 0 aliphatic heterocycles. The monoisotopic (exact) mass is 188 g/mol. The smallest absolute Gasteiger partial charge is 0.168 e. The molecule has 13 heavy (non-hydrogen) atoms. The van der Waals surface area contributed by atoms with E-state index in [1.807, 2.05) is 0 Å². The highest BCUT2D eigenvalue weighted by Gasteiger charge is 2.15. The molecule has 0 amide bonds. The Kier molecular flexibility index (Phi) is 2.83. The minimum atomic E-state index is -0.958. The fourth-order valence-electron chi connectivity index (χ4n) is 1.11. The van der Waals surface area contributed by atoms with Gasteiger partial charge in [0.15, 0.2) is 11.6 Å². The third-order valence-electron chi connectivity index (χ3n) is 1.69. The summed E-state index contributed by atoms with van der Waals surface area (Å²) in [5, 5.41) is 9.17. The Morgan fingerprint density at radius 2 is 2.00 bits per heavy atom. The normalized spacial score (nSPS) is 12.7. The van der Waals surface area contributed by atoms with Gasteiger partial charge in [-0.2, -0.15) is 0 Å². The second-order valence-electron chi connectivity index (χ2n) is 2.69. The number of ether oxygens (including phenoxy) is 1. The van der Waals surface area contributed by atoms with Gasteiger partial charge in [0.1, 0.15) is 5.82 Å². The Morgan fingerprint density at radius 3 is 2.46 bits per heavy atom. The molecule has 0 saturated carbocycles. The lowest BCUT2D eigenvalue weighted by Crippen LogP contribution is -2.00. The van der Waals surface area contributed by atoms with Crippen molar-refractivity contribution in [1.29, 1.82) is 0 Å². The highest BCUT2D eigenvalue weighted by molar-refractivity contribution is 5.36. The molecule has 0 radical (unpaired) electrons. The number of methoxy groups -OCH3 is 1. The fourth-order valence-corrected chi connectivity index (χ4v) is 1.11. The van der Waals surface area contributed by atoms with E-state index in [0.717, 1.165) is 6.07 Å². The van der Waals surface area contributed by atoms with Crippen molar-refractivity contribution in [2.45, 2.75) is 13.0 Å². The van der Waals surface area contributed by atoms with Crippen molar-refractivity contribution in [2.24, 2.45) is 0 Å². The fraction of sp³-hybridized carbons (Fsp3) is 0.333. The first-order chi connectivity index (χ1) is 6.06. The highest BCUT2D eigenvalue weighted by atomic mass is 19.1. The topological polar surface area (TPSA) is 29.5 Å². The maximum atomic E-state index is 13.0. The maximum Gasteiger partial charge on any atom is 0.168 e. The molecule has 4 heteroatoms. The number of aliphatic hydroxyl groups excluding tert-OH is 1.